The number of carbonyl (C=O) groups is 2. The predicted octanol–water partition coefficient (Wildman–Crippen LogP) is 2.52. The smallest absolute Gasteiger partial charge is 0.331 e. The van der Waals surface area contributed by atoms with Crippen LogP contribution in [-0.4, -0.2) is 41.3 Å². The molecule has 1 aromatic carbocycles. The molecule has 2 aromatic rings. The Morgan fingerprint density at radius 2 is 1.92 bits per heavy atom. The molecule has 0 saturated carbocycles. The van der Waals surface area contributed by atoms with Gasteiger partial charge < -0.3 is 4.90 Å². The Bertz CT molecular complexity index is 809. The lowest BCUT2D eigenvalue weighted by molar-refractivity contribution is -0.138. The van der Waals surface area contributed by atoms with Crippen molar-refractivity contribution < 1.29 is 22.8 Å². The Morgan fingerprint density at radius 3 is 2.58 bits per heavy atom. The first-order valence-electron chi connectivity index (χ1n) is 8.00. The van der Waals surface area contributed by atoms with Crippen molar-refractivity contribution in [2.24, 2.45) is 0 Å². The molecule has 1 aliphatic heterocycles. The zero-order valence-corrected chi connectivity index (χ0v) is 13.7. The van der Waals surface area contributed by atoms with Gasteiger partial charge in [0.15, 0.2) is 0 Å². The van der Waals surface area contributed by atoms with Gasteiger partial charge in [-0.15, -0.1) is 0 Å². The van der Waals surface area contributed by atoms with Gasteiger partial charge in [-0.3, -0.25) is 14.5 Å². The van der Waals surface area contributed by atoms with Gasteiger partial charge in [-0.2, -0.15) is 13.2 Å². The SMILES string of the molecule is O=C(Cc1cccc(C(F)(F)F)c1)N1CCN(c2ccccn2)C(=O)C1. The lowest BCUT2D eigenvalue weighted by Crippen LogP contribution is -2.53. The molecule has 3 rings (SSSR count). The van der Waals surface area contributed by atoms with Gasteiger partial charge in [-0.25, -0.2) is 4.98 Å². The summed E-state index contributed by atoms with van der Waals surface area (Å²) in [5.41, 5.74) is -0.525. The molecule has 1 fully saturated rings. The largest absolute Gasteiger partial charge is 0.416 e. The summed E-state index contributed by atoms with van der Waals surface area (Å²) in [6.07, 6.45) is -3.06. The minimum absolute atomic E-state index is 0.117. The standard InChI is InChI=1S/C18H16F3N3O2/c19-18(20,21)14-5-3-4-13(10-14)11-16(25)23-8-9-24(17(26)12-23)15-6-1-2-7-22-15/h1-7,10H,8-9,11-12H2. The summed E-state index contributed by atoms with van der Waals surface area (Å²) in [7, 11) is 0. The molecule has 0 radical (unpaired) electrons. The minimum Gasteiger partial charge on any atom is -0.331 e. The molecule has 2 heterocycles. The normalized spacial score (nSPS) is 15.3. The van der Waals surface area contributed by atoms with Crippen molar-refractivity contribution in [3.63, 3.8) is 0 Å². The maximum atomic E-state index is 12.8. The first kappa shape index (κ1) is 17.9. The Hall–Kier alpha value is -2.90. The highest BCUT2D eigenvalue weighted by atomic mass is 19.4. The van der Waals surface area contributed by atoms with Crippen LogP contribution in [0.2, 0.25) is 0 Å². The second-order valence-corrected chi connectivity index (χ2v) is 5.92. The number of hydrogen-bond donors (Lipinski definition) is 0. The van der Waals surface area contributed by atoms with Gasteiger partial charge in [0.2, 0.25) is 11.8 Å². The highest BCUT2D eigenvalue weighted by molar-refractivity contribution is 5.97. The topological polar surface area (TPSA) is 53.5 Å². The Kier molecular flexibility index (Phi) is 4.92. The van der Waals surface area contributed by atoms with Crippen molar-refractivity contribution in [1.29, 1.82) is 0 Å². The van der Waals surface area contributed by atoms with Crippen LogP contribution < -0.4 is 4.90 Å². The number of anilines is 1. The molecule has 136 valence electrons. The van der Waals surface area contributed by atoms with E-state index < -0.39 is 11.7 Å². The molecule has 0 N–H and O–H groups in total. The van der Waals surface area contributed by atoms with E-state index in [1.807, 2.05) is 0 Å². The van der Waals surface area contributed by atoms with E-state index in [9.17, 15) is 22.8 Å². The van der Waals surface area contributed by atoms with E-state index in [4.69, 9.17) is 0 Å². The van der Waals surface area contributed by atoms with Gasteiger partial charge in [-0.1, -0.05) is 24.3 Å². The average Bonchev–Trinajstić information content (AvgIpc) is 2.62. The molecule has 1 aromatic heterocycles. The number of benzene rings is 1. The first-order chi connectivity index (χ1) is 12.3. The summed E-state index contributed by atoms with van der Waals surface area (Å²) in [4.78, 5) is 31.6. The van der Waals surface area contributed by atoms with E-state index in [0.717, 1.165) is 12.1 Å². The third-order valence-electron chi connectivity index (χ3n) is 4.11. The van der Waals surface area contributed by atoms with Crippen LogP contribution in [0.4, 0.5) is 19.0 Å². The van der Waals surface area contributed by atoms with Crippen LogP contribution in [-0.2, 0) is 22.2 Å². The fourth-order valence-electron chi connectivity index (χ4n) is 2.79. The lowest BCUT2D eigenvalue weighted by Gasteiger charge is -2.33. The van der Waals surface area contributed by atoms with Gasteiger partial charge in [0.1, 0.15) is 12.4 Å². The molecule has 0 bridgehead atoms. The van der Waals surface area contributed by atoms with Crippen LogP contribution in [0, 0.1) is 0 Å². The van der Waals surface area contributed by atoms with Gasteiger partial charge in [0.25, 0.3) is 0 Å². The lowest BCUT2D eigenvalue weighted by atomic mass is 10.1. The Balaban J connectivity index is 1.64. The first-order valence-corrected chi connectivity index (χ1v) is 8.00. The van der Waals surface area contributed by atoms with Crippen molar-refractivity contribution in [2.75, 3.05) is 24.5 Å². The van der Waals surface area contributed by atoms with Crippen LogP contribution in [0.25, 0.3) is 0 Å². The van der Waals surface area contributed by atoms with E-state index in [1.54, 1.807) is 24.4 Å². The van der Waals surface area contributed by atoms with E-state index in [-0.39, 0.29) is 30.3 Å². The molecule has 1 aliphatic rings. The maximum absolute atomic E-state index is 12.8. The van der Waals surface area contributed by atoms with Crippen molar-refractivity contribution in [3.8, 4) is 0 Å². The highest BCUT2D eigenvalue weighted by Gasteiger charge is 2.31. The number of alkyl halides is 3. The van der Waals surface area contributed by atoms with Crippen LogP contribution in [0.3, 0.4) is 0 Å². The number of rotatable bonds is 3. The number of halogens is 3. The summed E-state index contributed by atoms with van der Waals surface area (Å²) in [6, 6.07) is 9.88. The molecule has 5 nitrogen and oxygen atoms in total. The molecule has 0 atom stereocenters. The number of carbonyl (C=O) groups excluding carboxylic acids is 2. The molecule has 0 unspecified atom stereocenters. The molecule has 26 heavy (non-hydrogen) atoms. The second-order valence-electron chi connectivity index (χ2n) is 5.92. The second kappa shape index (κ2) is 7.15. The summed E-state index contributed by atoms with van der Waals surface area (Å²) in [5.74, 6) is -0.131. The number of amides is 2. The summed E-state index contributed by atoms with van der Waals surface area (Å²) in [6.45, 7) is 0.485. The van der Waals surface area contributed by atoms with Crippen LogP contribution in [0.1, 0.15) is 11.1 Å². The monoisotopic (exact) mass is 363 g/mol. The van der Waals surface area contributed by atoms with E-state index >= 15 is 0 Å². The van der Waals surface area contributed by atoms with Gasteiger partial charge >= 0.3 is 6.18 Å². The molecular weight excluding hydrogens is 347 g/mol. The van der Waals surface area contributed by atoms with Crippen LogP contribution in [0.5, 0.6) is 0 Å². The van der Waals surface area contributed by atoms with Crippen LogP contribution >= 0.6 is 0 Å². The third-order valence-corrected chi connectivity index (χ3v) is 4.11. The molecule has 1 saturated heterocycles. The van der Waals surface area contributed by atoms with E-state index in [2.05, 4.69) is 4.98 Å². The van der Waals surface area contributed by atoms with E-state index in [0.29, 0.717) is 18.9 Å². The Morgan fingerprint density at radius 1 is 1.12 bits per heavy atom. The fraction of sp³-hybridized carbons (Fsp3) is 0.278. The predicted molar refractivity (Wildman–Crippen MR) is 88.3 cm³/mol. The number of aromatic nitrogens is 1. The third kappa shape index (κ3) is 4.01. The molecular formula is C18H16F3N3O2. The number of piperazine rings is 1. The van der Waals surface area contributed by atoms with Crippen molar-refractivity contribution in [2.45, 2.75) is 12.6 Å². The highest BCUT2D eigenvalue weighted by Crippen LogP contribution is 2.29. The fourth-order valence-corrected chi connectivity index (χ4v) is 2.79. The van der Waals surface area contributed by atoms with Crippen molar-refractivity contribution >= 4 is 17.6 Å². The summed E-state index contributed by atoms with van der Waals surface area (Å²) >= 11 is 0. The van der Waals surface area contributed by atoms with Crippen LogP contribution in [0.15, 0.2) is 48.7 Å². The maximum Gasteiger partial charge on any atom is 0.416 e. The van der Waals surface area contributed by atoms with E-state index in [1.165, 1.54) is 21.9 Å². The minimum atomic E-state index is -4.46. The summed E-state index contributed by atoms with van der Waals surface area (Å²) < 4.78 is 38.3. The molecule has 8 heteroatoms. The van der Waals surface area contributed by atoms with Gasteiger partial charge in [0.05, 0.1) is 12.0 Å². The van der Waals surface area contributed by atoms with Crippen molar-refractivity contribution in [1.82, 2.24) is 9.88 Å². The average molecular weight is 363 g/mol. The molecule has 2 amide bonds. The van der Waals surface area contributed by atoms with Gasteiger partial charge in [-0.05, 0) is 23.8 Å². The quantitative estimate of drug-likeness (QED) is 0.842. The zero-order valence-electron chi connectivity index (χ0n) is 13.7. The van der Waals surface area contributed by atoms with Gasteiger partial charge in [0, 0.05) is 19.3 Å². The number of nitrogens with zero attached hydrogens (tertiary/aromatic N) is 3. The molecule has 0 aliphatic carbocycles. The molecule has 0 spiro atoms. The summed E-state index contributed by atoms with van der Waals surface area (Å²) in [5, 5.41) is 0. The zero-order chi connectivity index (χ0) is 18.7. The number of pyridine rings is 1. The number of hydrogen-bond acceptors (Lipinski definition) is 3. The van der Waals surface area contributed by atoms with Crippen molar-refractivity contribution in [3.05, 3.63) is 59.8 Å². The Labute approximate surface area is 148 Å².